The molecular weight excluding hydrogens is 1840 g/mol. The van der Waals surface area contributed by atoms with Crippen LogP contribution in [0, 0.1) is 6.57 Å². The zero-order valence-corrected chi connectivity index (χ0v) is 104. The van der Waals surface area contributed by atoms with Crippen LogP contribution in [0.1, 0.15) is 234 Å². The van der Waals surface area contributed by atoms with Crippen LogP contribution in [0.2, 0.25) is 0 Å². The molecule has 2 amide bonds. The van der Waals surface area contributed by atoms with Crippen molar-refractivity contribution in [3.63, 3.8) is 0 Å². The van der Waals surface area contributed by atoms with Crippen molar-refractivity contribution in [2.75, 3.05) is 396 Å². The van der Waals surface area contributed by atoms with Crippen LogP contribution in [0.5, 0.6) is 0 Å². The highest BCUT2D eigenvalue weighted by molar-refractivity contribution is 5.78. The monoisotopic (exact) mass is 2090 g/mol. The third-order valence-electron chi connectivity index (χ3n) is 32.4. The summed E-state index contributed by atoms with van der Waals surface area (Å²) in [6, 6.07) is 10.6. The number of aliphatic hydroxyl groups excluding tert-OH is 2. The van der Waals surface area contributed by atoms with Crippen molar-refractivity contribution in [1.82, 2.24) is 123 Å². The topological polar surface area (TPSA) is 178 Å². The molecule has 13 fully saturated rings. The summed E-state index contributed by atoms with van der Waals surface area (Å²) in [7, 11) is 14.4. The fourth-order valence-electron chi connectivity index (χ4n) is 21.0. The molecule has 4 atom stereocenters. The van der Waals surface area contributed by atoms with Gasteiger partial charge >= 0.3 is 0 Å². The normalized spacial score (nSPS) is 23.7. The van der Waals surface area contributed by atoms with Crippen LogP contribution >= 0.6 is 0 Å². The first-order chi connectivity index (χ1) is 69.2. The van der Waals surface area contributed by atoms with Gasteiger partial charge in [-0.25, -0.2) is 0 Å². The number of ether oxygens (including phenoxy) is 2. The molecule has 13 saturated heterocycles. The summed E-state index contributed by atoms with van der Waals surface area (Å²) in [5.41, 5.74) is -0.0525. The Hall–Kier alpha value is -2.81. The summed E-state index contributed by atoms with van der Waals surface area (Å²) in [6.07, 6.45) is 3.55. The molecule has 0 aliphatic carbocycles. The highest BCUT2D eigenvalue weighted by Gasteiger charge is 2.42. The summed E-state index contributed by atoms with van der Waals surface area (Å²) in [5.74, 6) is 0.460. The van der Waals surface area contributed by atoms with Gasteiger partial charge in [0, 0.05) is 398 Å². The first kappa shape index (κ1) is 140. The van der Waals surface area contributed by atoms with Crippen LogP contribution in [-0.2, 0) is 19.1 Å². The second-order valence-corrected chi connectivity index (χ2v) is 48.8. The Bertz CT molecular complexity index is 3170. The lowest BCUT2D eigenvalue weighted by atomic mass is 10.0. The number of carbonyl (C=O) groups is 2. The van der Waals surface area contributed by atoms with Crippen LogP contribution in [0.3, 0.4) is 0 Å². The van der Waals surface area contributed by atoms with Crippen LogP contribution in [0.25, 0.3) is 4.95 Å². The van der Waals surface area contributed by atoms with Crippen molar-refractivity contribution < 1.29 is 29.3 Å². The van der Waals surface area contributed by atoms with E-state index < -0.39 is 0 Å². The number of hydrogen-bond donors (Lipinski definition) is 2. The third-order valence-corrected chi connectivity index (χ3v) is 32.4. The van der Waals surface area contributed by atoms with E-state index in [1.54, 1.807) is 19.0 Å². The van der Waals surface area contributed by atoms with E-state index in [0.717, 1.165) is 206 Å². The summed E-state index contributed by atoms with van der Waals surface area (Å²) >= 11 is 0. The van der Waals surface area contributed by atoms with Crippen molar-refractivity contribution in [2.45, 2.75) is 343 Å². The number of piperazine rings is 10. The molecule has 2 bridgehead atoms. The second kappa shape index (κ2) is 77.6. The lowest BCUT2D eigenvalue weighted by Gasteiger charge is -2.44. The number of β-amino-alcohol motifs (C(OH)–C–C–N with tert-alkyl or cyclic N) is 1. The quantitative estimate of drug-likeness (QED) is 0.0782. The molecule has 2 N–H and O–H groups in total. The van der Waals surface area contributed by atoms with Gasteiger partial charge in [0.2, 0.25) is 11.8 Å². The fourth-order valence-corrected chi connectivity index (χ4v) is 21.0. The van der Waals surface area contributed by atoms with Gasteiger partial charge in [-0.3, -0.25) is 92.9 Å². The van der Waals surface area contributed by atoms with Crippen molar-refractivity contribution >= 4 is 11.8 Å². The zero-order chi connectivity index (χ0) is 111. The molecule has 0 aromatic rings. The molecule has 0 spiro atoms. The molecule has 2 unspecified atom stereocenters. The highest BCUT2D eigenvalue weighted by atomic mass is 16.5. The lowest BCUT2D eigenvalue weighted by molar-refractivity contribution is -0.134. The predicted octanol–water partition coefficient (Wildman–Crippen LogP) is 9.30. The van der Waals surface area contributed by atoms with Gasteiger partial charge in [0.1, 0.15) is 0 Å². The van der Waals surface area contributed by atoms with E-state index in [1.165, 1.54) is 176 Å². The average Bonchev–Trinajstić information content (AvgIpc) is 1.64. The molecule has 13 heterocycles. The van der Waals surface area contributed by atoms with Crippen LogP contribution in [-0.4, -0.2) is 649 Å². The van der Waals surface area contributed by atoms with Crippen molar-refractivity contribution in [3.05, 3.63) is 11.5 Å². The first-order valence-electron chi connectivity index (χ1n) is 59.2. The number of carbonyl (C=O) groups excluding carboxylic acids is 2. The Morgan fingerprint density at radius 1 is 0.374 bits per heavy atom. The minimum absolute atomic E-state index is 0.0525. The van der Waals surface area contributed by atoms with Crippen molar-refractivity contribution in [1.29, 1.82) is 0 Å². The van der Waals surface area contributed by atoms with Gasteiger partial charge in [-0.15, -0.1) is 5.01 Å². The van der Waals surface area contributed by atoms with E-state index in [1.807, 2.05) is 28.8 Å². The number of rotatable bonds is 26. The molecule has 147 heavy (non-hydrogen) atoms. The predicted molar refractivity (Wildman–Crippen MR) is 627 cm³/mol. The number of likely N-dealkylation sites (tertiary alicyclic amines) is 2. The minimum Gasteiger partial charge on any atom is -0.395 e. The number of nitrogens with zero attached hydrogens (tertiary/aromatic N) is 26. The standard InChI is InChI=1S/C11H23N3O.C11H25N3.C11H24N2O.C10H22N2O.C10H22N2.C9H18N2O.C9H20N2O.C9H18N2.2C9H20N2.C9H19NO.C8H15N3/c1-10(2)13-5-7-14(8-6-13)11(15)9-12(3)4;1-11(2)14-9-7-13(8-10-14)6-5-12(3)4;1-10(2)12-5-7-13(8-6-12)11(3,4)9-14;1-10(2)12-6-4-11(5-7-12)8-9-13-3;1-9(2)11-5-7-12(8-6-11)10(3)4;1-8(2)10-4-6-11(7-5-10)9(3)12;1-9(2)11-5-3-10(4-6-11)7-8-12;1-7(2)11-6-8-4-9(11)5-10(8)3;1-9(2)11-6-4-5-10(3)7-8-11;1-4-10-5-7-11(8-6-10)9(2)3;1-7(2)10-5-8(3)11-9(4)6-10;1-8(2)10-4-6-11(9-3)7-5-10/h10H,5-9H2,1-4H3;11H,5-10H2,1-4H3;10,14H,5-9H2,1-4H3;10H,4-9H2,1-3H3;9-10H,5-8H2,1-4H3;8H,4-7H2,1-3H3;9,12H,3-8H2,1-2H3;7-9H,4-6H2,1-3H3;2*9H,4-8H2,1-3H3;7-9H,5-6H2,1-4H3;8H,4-7H2,1-2H3/t;;;;;;;8-,9-;;;;/m.......0..../s1. The summed E-state index contributed by atoms with van der Waals surface area (Å²) in [5, 5.41) is 19.8. The summed E-state index contributed by atoms with van der Waals surface area (Å²) in [6.45, 7) is 135. The number of fused-ring (bicyclic) bond motifs is 2. The number of likely N-dealkylation sites (N-methyl/N-ethyl adjacent to an activating group) is 5. The Morgan fingerprint density at radius 2 is 0.687 bits per heavy atom. The van der Waals surface area contributed by atoms with Gasteiger partial charge in [-0.1, -0.05) is 6.92 Å². The van der Waals surface area contributed by atoms with Crippen LogP contribution < -0.4 is 0 Å². The minimum atomic E-state index is -0.0525. The Labute approximate surface area is 909 Å². The van der Waals surface area contributed by atoms with E-state index >= 15 is 0 Å². The number of methoxy groups -OCH3 is 1. The highest BCUT2D eigenvalue weighted by Crippen LogP contribution is 2.31. The zero-order valence-electron chi connectivity index (χ0n) is 104. The van der Waals surface area contributed by atoms with Gasteiger partial charge in [-0.05, 0) is 282 Å². The van der Waals surface area contributed by atoms with E-state index in [9.17, 15) is 14.7 Å². The van der Waals surface area contributed by atoms with Gasteiger partial charge in [0.25, 0.3) is 0 Å². The van der Waals surface area contributed by atoms with Gasteiger partial charge in [0.15, 0.2) is 0 Å². The van der Waals surface area contributed by atoms with E-state index in [2.05, 4.69) is 351 Å². The number of hydrogen-bond acceptors (Lipinski definition) is 29. The van der Waals surface area contributed by atoms with Crippen molar-refractivity contribution in [3.8, 4) is 0 Å². The summed E-state index contributed by atoms with van der Waals surface area (Å²) in [4.78, 5) is 84.0. The molecule has 0 aromatic heterocycles. The molecule has 13 rings (SSSR count). The Morgan fingerprint density at radius 3 is 0.980 bits per heavy atom. The maximum absolute atomic E-state index is 11.8. The maximum Gasteiger partial charge on any atom is 0.236 e. The van der Waals surface area contributed by atoms with Gasteiger partial charge in [-0.2, -0.15) is 11.5 Å². The summed E-state index contributed by atoms with van der Waals surface area (Å²) < 4.78 is 10.7. The Balaban J connectivity index is 0.000000542. The van der Waals surface area contributed by atoms with E-state index in [-0.39, 0.29) is 24.0 Å². The van der Waals surface area contributed by atoms with Crippen molar-refractivity contribution in [2.24, 2.45) is 0 Å². The molecular formula is C115H246N26O6. The molecule has 872 valence electrons. The molecule has 0 aromatic carbocycles. The number of aliphatic hydroxyl groups is 2. The molecule has 32 nitrogen and oxygen atoms in total. The molecule has 32 heteroatoms. The molecule has 0 saturated carbocycles. The molecule has 0 radical (unpaired) electrons. The first-order valence-corrected chi connectivity index (χ1v) is 59.2. The smallest absolute Gasteiger partial charge is 0.236 e. The lowest BCUT2D eigenvalue weighted by Crippen LogP contribution is -2.57. The van der Waals surface area contributed by atoms with Gasteiger partial charge in [0.05, 0.1) is 51.7 Å². The van der Waals surface area contributed by atoms with E-state index in [4.69, 9.17) is 21.2 Å². The Kier molecular flexibility index (Phi) is 74.0. The number of amides is 2. The largest absolute Gasteiger partial charge is 0.395 e. The van der Waals surface area contributed by atoms with E-state index in [0.29, 0.717) is 73.7 Å². The molecule has 13 aliphatic heterocycles. The fraction of sp³-hybridized carbons (Fsp3) is 0.974. The molecule has 13 aliphatic rings. The maximum atomic E-state index is 11.8. The number of morpholine rings is 1. The van der Waals surface area contributed by atoms with Gasteiger partial charge < -0.3 is 54.0 Å². The SMILES string of the molecule is CC(=O)N1CCN(C(C)C)CC1.CC(C)N1CCCN(C)CC1.CC(C)N1CCN(C(=O)CN(C)C)CC1.CC(C)N1CCN(C(C)(C)CO)CC1.CC(C)N1CCN(C(C)C)CC1.CC(C)N1CCN(CCN(C)C)CC1.CC(C)N1CCN(CCO)CC1.CC(C)N1C[C@@H]2C[C@H]1CN2C.CC1CN(C(C)C)CC(C)O1.CCN1CCN(C(C)C)CC1.COCCN1CCN(C(C)C)CC1.[C-]#[N+]N1CCN(C(C)C)CC1. The van der Waals surface area contributed by atoms with Crippen LogP contribution in [0.15, 0.2) is 0 Å². The second-order valence-electron chi connectivity index (χ2n) is 48.8. The third kappa shape index (κ3) is 59.4. The average molecular weight is 2090 g/mol. The van der Waals surface area contributed by atoms with Crippen LogP contribution in [0.4, 0.5) is 0 Å².